The van der Waals surface area contributed by atoms with E-state index < -0.39 is 0 Å². The first kappa shape index (κ1) is 17.0. The van der Waals surface area contributed by atoms with Crippen LogP contribution in [-0.2, 0) is 4.79 Å². The number of likely N-dealkylation sites (tertiary alicyclic amines) is 1. The van der Waals surface area contributed by atoms with Gasteiger partial charge in [-0.3, -0.25) is 14.5 Å². The Morgan fingerprint density at radius 1 is 1.29 bits per heavy atom. The standard InChI is InChI=1S/C17H27N5O2/c1-14-3-2-5-22(13-14)17(24)4-6-20-7-9-21(10-8-20)15-11-16(23)19-18-12-15/h11-12,14H,2-10,13H2,1H3,(H,19,23). The van der Waals surface area contributed by atoms with E-state index >= 15 is 0 Å². The second-order valence-corrected chi connectivity index (χ2v) is 6.97. The van der Waals surface area contributed by atoms with Crippen molar-refractivity contribution < 1.29 is 4.79 Å². The highest BCUT2D eigenvalue weighted by atomic mass is 16.2. The van der Waals surface area contributed by atoms with Crippen molar-refractivity contribution in [1.29, 1.82) is 0 Å². The summed E-state index contributed by atoms with van der Waals surface area (Å²) in [7, 11) is 0. The number of nitrogens with one attached hydrogen (secondary N) is 1. The molecule has 0 spiro atoms. The van der Waals surface area contributed by atoms with E-state index in [2.05, 4.69) is 26.9 Å². The molecule has 2 aliphatic rings. The van der Waals surface area contributed by atoms with Crippen LogP contribution in [0.25, 0.3) is 0 Å². The minimum Gasteiger partial charge on any atom is -0.368 e. The van der Waals surface area contributed by atoms with Crippen LogP contribution in [0.1, 0.15) is 26.2 Å². The lowest BCUT2D eigenvalue weighted by Gasteiger charge is -2.36. The smallest absolute Gasteiger partial charge is 0.266 e. The van der Waals surface area contributed by atoms with Gasteiger partial charge in [-0.2, -0.15) is 5.10 Å². The first-order chi connectivity index (χ1) is 11.6. The predicted molar refractivity (Wildman–Crippen MR) is 93.1 cm³/mol. The molecule has 1 N–H and O–H groups in total. The molecular weight excluding hydrogens is 306 g/mol. The maximum Gasteiger partial charge on any atom is 0.266 e. The lowest BCUT2D eigenvalue weighted by atomic mass is 10.00. The van der Waals surface area contributed by atoms with Gasteiger partial charge in [0.2, 0.25) is 5.91 Å². The van der Waals surface area contributed by atoms with Crippen LogP contribution in [0.2, 0.25) is 0 Å². The van der Waals surface area contributed by atoms with Crippen LogP contribution in [0.5, 0.6) is 0 Å². The first-order valence-electron chi connectivity index (χ1n) is 8.91. The fourth-order valence-corrected chi connectivity index (χ4v) is 3.60. The SMILES string of the molecule is CC1CCCN(C(=O)CCN2CCN(c3cn[nH]c(=O)c3)CC2)C1. The Morgan fingerprint density at radius 3 is 2.79 bits per heavy atom. The van der Waals surface area contributed by atoms with Gasteiger partial charge >= 0.3 is 0 Å². The summed E-state index contributed by atoms with van der Waals surface area (Å²) in [6.07, 6.45) is 4.68. The van der Waals surface area contributed by atoms with Gasteiger partial charge in [0.15, 0.2) is 0 Å². The van der Waals surface area contributed by atoms with Crippen LogP contribution < -0.4 is 10.5 Å². The average Bonchev–Trinajstić information content (AvgIpc) is 2.60. The van der Waals surface area contributed by atoms with E-state index in [0.29, 0.717) is 18.2 Å². The fraction of sp³-hybridized carbons (Fsp3) is 0.706. The number of H-pyrrole nitrogens is 1. The number of aromatic nitrogens is 2. The third-order valence-corrected chi connectivity index (χ3v) is 5.04. The Morgan fingerprint density at radius 2 is 2.08 bits per heavy atom. The van der Waals surface area contributed by atoms with Gasteiger partial charge in [-0.25, -0.2) is 5.10 Å². The van der Waals surface area contributed by atoms with E-state index in [1.54, 1.807) is 12.3 Å². The van der Waals surface area contributed by atoms with E-state index in [9.17, 15) is 9.59 Å². The molecule has 1 atom stereocenters. The van der Waals surface area contributed by atoms with Crippen LogP contribution in [0.3, 0.4) is 0 Å². The molecule has 3 heterocycles. The van der Waals surface area contributed by atoms with Crippen molar-refractivity contribution >= 4 is 11.6 Å². The topological polar surface area (TPSA) is 72.5 Å². The number of rotatable bonds is 4. The Hall–Kier alpha value is -1.89. The zero-order chi connectivity index (χ0) is 16.9. The van der Waals surface area contributed by atoms with Crippen LogP contribution in [-0.4, -0.2) is 71.7 Å². The van der Waals surface area contributed by atoms with Crippen molar-refractivity contribution in [2.75, 3.05) is 50.7 Å². The number of carbonyl (C=O) groups excluding carboxylic acids is 1. The van der Waals surface area contributed by atoms with Crippen LogP contribution in [0, 0.1) is 5.92 Å². The van der Waals surface area contributed by atoms with Gasteiger partial charge in [-0.1, -0.05) is 6.92 Å². The predicted octanol–water partition coefficient (Wildman–Crippen LogP) is 0.541. The number of piperidine rings is 1. The van der Waals surface area contributed by atoms with Gasteiger partial charge in [0.1, 0.15) is 0 Å². The van der Waals surface area contributed by atoms with Crippen LogP contribution >= 0.6 is 0 Å². The van der Waals surface area contributed by atoms with Gasteiger partial charge in [-0.15, -0.1) is 0 Å². The van der Waals surface area contributed by atoms with Crippen molar-refractivity contribution in [2.45, 2.75) is 26.2 Å². The summed E-state index contributed by atoms with van der Waals surface area (Å²) < 4.78 is 0. The molecule has 0 bridgehead atoms. The molecule has 1 aromatic rings. The zero-order valence-electron chi connectivity index (χ0n) is 14.4. The second-order valence-electron chi connectivity index (χ2n) is 6.97. The largest absolute Gasteiger partial charge is 0.368 e. The number of amides is 1. The summed E-state index contributed by atoms with van der Waals surface area (Å²) in [4.78, 5) is 30.2. The van der Waals surface area contributed by atoms with Crippen LogP contribution in [0.4, 0.5) is 5.69 Å². The van der Waals surface area contributed by atoms with E-state index in [1.165, 1.54) is 6.42 Å². The van der Waals surface area contributed by atoms with Crippen molar-refractivity contribution in [3.63, 3.8) is 0 Å². The Kier molecular flexibility index (Phi) is 5.50. The molecular formula is C17H27N5O2. The normalized spacial score (nSPS) is 22.6. The van der Waals surface area contributed by atoms with Gasteiger partial charge < -0.3 is 9.80 Å². The van der Waals surface area contributed by atoms with Gasteiger partial charge in [-0.05, 0) is 18.8 Å². The molecule has 132 valence electrons. The molecule has 0 saturated carbocycles. The molecule has 2 aliphatic heterocycles. The molecule has 24 heavy (non-hydrogen) atoms. The van der Waals surface area contributed by atoms with Gasteiger partial charge in [0.05, 0.1) is 11.9 Å². The number of hydrogen-bond acceptors (Lipinski definition) is 5. The van der Waals surface area contributed by atoms with Crippen molar-refractivity contribution in [1.82, 2.24) is 20.0 Å². The fourth-order valence-electron chi connectivity index (χ4n) is 3.60. The highest BCUT2D eigenvalue weighted by Crippen LogP contribution is 2.17. The molecule has 2 saturated heterocycles. The highest BCUT2D eigenvalue weighted by molar-refractivity contribution is 5.76. The molecule has 7 nitrogen and oxygen atoms in total. The zero-order valence-corrected chi connectivity index (χ0v) is 14.4. The third-order valence-electron chi connectivity index (χ3n) is 5.04. The molecule has 1 aromatic heterocycles. The molecule has 3 rings (SSSR count). The van der Waals surface area contributed by atoms with E-state index in [1.807, 2.05) is 4.90 Å². The van der Waals surface area contributed by atoms with Crippen LogP contribution in [0.15, 0.2) is 17.1 Å². The minimum absolute atomic E-state index is 0.170. The van der Waals surface area contributed by atoms with E-state index in [4.69, 9.17) is 0 Å². The van der Waals surface area contributed by atoms with Gasteiger partial charge in [0.25, 0.3) is 5.56 Å². The third kappa shape index (κ3) is 4.35. The number of aromatic amines is 1. The maximum atomic E-state index is 12.4. The quantitative estimate of drug-likeness (QED) is 0.871. The summed E-state index contributed by atoms with van der Waals surface area (Å²) >= 11 is 0. The molecule has 0 aromatic carbocycles. The maximum absolute atomic E-state index is 12.4. The monoisotopic (exact) mass is 333 g/mol. The summed E-state index contributed by atoms with van der Waals surface area (Å²) in [6, 6.07) is 1.59. The summed E-state index contributed by atoms with van der Waals surface area (Å²) in [6.45, 7) is 8.44. The summed E-state index contributed by atoms with van der Waals surface area (Å²) in [5.74, 6) is 0.927. The van der Waals surface area contributed by atoms with Gasteiger partial charge in [0, 0.05) is 58.3 Å². The molecule has 1 amide bonds. The lowest BCUT2D eigenvalue weighted by Crippen LogP contribution is -2.48. The molecule has 0 aliphatic carbocycles. The number of nitrogens with zero attached hydrogens (tertiary/aromatic N) is 4. The first-order valence-corrected chi connectivity index (χ1v) is 8.91. The Labute approximate surface area is 142 Å². The van der Waals surface area contributed by atoms with Crippen molar-refractivity contribution in [2.24, 2.45) is 5.92 Å². The molecule has 1 unspecified atom stereocenters. The molecule has 2 fully saturated rings. The summed E-state index contributed by atoms with van der Waals surface area (Å²) in [5.41, 5.74) is 0.702. The number of hydrogen-bond donors (Lipinski definition) is 1. The highest BCUT2D eigenvalue weighted by Gasteiger charge is 2.22. The Bertz CT molecular complexity index is 609. The minimum atomic E-state index is -0.170. The lowest BCUT2D eigenvalue weighted by molar-refractivity contribution is -0.133. The average molecular weight is 333 g/mol. The molecule has 7 heteroatoms. The number of anilines is 1. The molecule has 0 radical (unpaired) electrons. The Balaban J connectivity index is 1.42. The van der Waals surface area contributed by atoms with Crippen molar-refractivity contribution in [3.8, 4) is 0 Å². The van der Waals surface area contributed by atoms with Crippen molar-refractivity contribution in [3.05, 3.63) is 22.6 Å². The van der Waals surface area contributed by atoms with E-state index in [0.717, 1.165) is 57.9 Å². The number of piperazine rings is 1. The summed E-state index contributed by atoms with van der Waals surface area (Å²) in [5, 5.41) is 6.25. The number of carbonyl (C=O) groups is 1. The second kappa shape index (κ2) is 7.79. The van der Waals surface area contributed by atoms with E-state index in [-0.39, 0.29) is 5.56 Å².